The molecule has 3 rings (SSSR count). The van der Waals surface area contributed by atoms with Crippen molar-refractivity contribution >= 4 is 37.4 Å². The van der Waals surface area contributed by atoms with Gasteiger partial charge in [0.05, 0.1) is 10.6 Å². The van der Waals surface area contributed by atoms with E-state index in [0.29, 0.717) is 11.1 Å². The molecule has 0 fully saturated rings. The lowest BCUT2D eigenvalue weighted by Crippen LogP contribution is -2.16. The molecule has 132 valence electrons. The average Bonchev–Trinajstić information content (AvgIpc) is 2.62. The summed E-state index contributed by atoms with van der Waals surface area (Å²) in [5.74, 6) is -0.250. The van der Waals surface area contributed by atoms with Crippen molar-refractivity contribution in [1.29, 1.82) is 0 Å². The molecule has 26 heavy (non-hydrogen) atoms. The molecule has 4 nitrogen and oxygen atoms in total. The molecule has 0 aliphatic rings. The van der Waals surface area contributed by atoms with Crippen molar-refractivity contribution in [2.24, 2.45) is 0 Å². The molecule has 0 saturated heterocycles. The fourth-order valence-corrected chi connectivity index (χ4v) is 3.79. The number of nitrogens with one attached hydrogen (secondary N) is 1. The molecule has 0 heterocycles. The summed E-state index contributed by atoms with van der Waals surface area (Å²) in [6, 6.07) is 20.0. The Hall–Kier alpha value is -2.44. The zero-order chi connectivity index (χ0) is 18.7. The Morgan fingerprint density at radius 3 is 2.15 bits per heavy atom. The van der Waals surface area contributed by atoms with Gasteiger partial charge in [0.1, 0.15) is 0 Å². The Labute approximate surface area is 161 Å². The number of hydrogen-bond acceptors (Lipinski definition) is 3. The van der Waals surface area contributed by atoms with Crippen molar-refractivity contribution < 1.29 is 13.2 Å². The van der Waals surface area contributed by atoms with Crippen LogP contribution in [-0.2, 0) is 10.0 Å². The number of rotatable bonds is 5. The molecule has 0 saturated carbocycles. The van der Waals surface area contributed by atoms with Gasteiger partial charge in [-0.25, -0.2) is 8.42 Å². The Balaban J connectivity index is 1.95. The second-order valence-corrected chi connectivity index (χ2v) is 8.40. The van der Waals surface area contributed by atoms with Crippen molar-refractivity contribution in [3.63, 3.8) is 0 Å². The molecule has 0 unspecified atom stereocenters. The molecule has 0 aromatic heterocycles. The molecule has 0 bridgehead atoms. The van der Waals surface area contributed by atoms with Crippen LogP contribution < -0.4 is 4.72 Å². The second-order valence-electron chi connectivity index (χ2n) is 5.80. The van der Waals surface area contributed by atoms with Crippen LogP contribution >= 0.6 is 15.9 Å². The summed E-state index contributed by atoms with van der Waals surface area (Å²) < 4.78 is 28.7. The zero-order valence-electron chi connectivity index (χ0n) is 13.9. The Morgan fingerprint density at radius 1 is 0.885 bits per heavy atom. The molecule has 0 atom stereocenters. The summed E-state index contributed by atoms with van der Waals surface area (Å²) in [5.41, 5.74) is 2.00. The van der Waals surface area contributed by atoms with Crippen LogP contribution in [0.3, 0.4) is 0 Å². The van der Waals surface area contributed by atoms with Crippen LogP contribution in [0.4, 0.5) is 5.69 Å². The standard InChI is InChI=1S/C20H16BrNO3S/c1-14-6-12-17(13-7-14)26(24,25)22-19-5-3-2-4-18(19)20(23)15-8-10-16(21)11-9-15/h2-13,22H,1H3. The van der Waals surface area contributed by atoms with E-state index in [1.165, 1.54) is 12.1 Å². The number of sulfonamides is 1. The predicted octanol–water partition coefficient (Wildman–Crippen LogP) is 4.79. The third-order valence-corrected chi connectivity index (χ3v) is 5.76. The second kappa shape index (κ2) is 7.43. The summed E-state index contributed by atoms with van der Waals surface area (Å²) in [4.78, 5) is 12.9. The van der Waals surface area contributed by atoms with Crippen molar-refractivity contribution in [2.75, 3.05) is 4.72 Å². The summed E-state index contributed by atoms with van der Waals surface area (Å²) in [6.07, 6.45) is 0. The SMILES string of the molecule is Cc1ccc(S(=O)(=O)Nc2ccccc2C(=O)c2ccc(Br)cc2)cc1. The molecular weight excluding hydrogens is 414 g/mol. The first-order valence-corrected chi connectivity index (χ1v) is 10.1. The third kappa shape index (κ3) is 4.03. The van der Waals surface area contributed by atoms with E-state index in [1.807, 2.05) is 6.92 Å². The fourth-order valence-electron chi connectivity index (χ4n) is 2.45. The number of hydrogen-bond donors (Lipinski definition) is 1. The van der Waals surface area contributed by atoms with Crippen LogP contribution in [0.2, 0.25) is 0 Å². The molecular formula is C20H16BrNO3S. The van der Waals surface area contributed by atoms with Crippen molar-refractivity contribution in [3.8, 4) is 0 Å². The number of benzene rings is 3. The summed E-state index contributed by atoms with van der Waals surface area (Å²) in [5, 5.41) is 0. The van der Waals surface area contributed by atoms with Crippen LogP contribution in [0.25, 0.3) is 0 Å². The van der Waals surface area contributed by atoms with Gasteiger partial charge in [0.25, 0.3) is 10.0 Å². The van der Waals surface area contributed by atoms with Crippen LogP contribution in [0.1, 0.15) is 21.5 Å². The van der Waals surface area contributed by atoms with Gasteiger partial charge in [-0.05, 0) is 55.5 Å². The van der Waals surface area contributed by atoms with Gasteiger partial charge in [-0.3, -0.25) is 9.52 Å². The number of anilines is 1. The fraction of sp³-hybridized carbons (Fsp3) is 0.0500. The first-order chi connectivity index (χ1) is 12.4. The van der Waals surface area contributed by atoms with Crippen LogP contribution in [0, 0.1) is 6.92 Å². The van der Waals surface area contributed by atoms with Gasteiger partial charge < -0.3 is 0 Å². The molecule has 6 heteroatoms. The van der Waals surface area contributed by atoms with Gasteiger partial charge >= 0.3 is 0 Å². The molecule has 1 N–H and O–H groups in total. The number of para-hydroxylation sites is 1. The van der Waals surface area contributed by atoms with E-state index < -0.39 is 10.0 Å². The van der Waals surface area contributed by atoms with Crippen molar-refractivity contribution in [3.05, 3.63) is 94.0 Å². The topological polar surface area (TPSA) is 63.2 Å². The van der Waals surface area contributed by atoms with Crippen LogP contribution in [0.5, 0.6) is 0 Å². The third-order valence-electron chi connectivity index (χ3n) is 3.85. The highest BCUT2D eigenvalue weighted by Gasteiger charge is 2.19. The molecule has 0 radical (unpaired) electrons. The summed E-state index contributed by atoms with van der Waals surface area (Å²) in [7, 11) is -3.78. The Bertz CT molecular complexity index is 1040. The number of carbonyl (C=O) groups is 1. The van der Waals surface area contributed by atoms with E-state index in [1.54, 1.807) is 60.7 Å². The van der Waals surface area contributed by atoms with Gasteiger partial charge in [-0.1, -0.05) is 45.8 Å². The number of ketones is 1. The van der Waals surface area contributed by atoms with Crippen molar-refractivity contribution in [2.45, 2.75) is 11.8 Å². The maximum Gasteiger partial charge on any atom is 0.261 e. The molecule has 3 aromatic carbocycles. The number of aryl methyl sites for hydroxylation is 1. The van der Waals surface area contributed by atoms with Crippen LogP contribution in [-0.4, -0.2) is 14.2 Å². The van der Waals surface area contributed by atoms with Crippen molar-refractivity contribution in [1.82, 2.24) is 0 Å². The average molecular weight is 430 g/mol. The zero-order valence-corrected chi connectivity index (χ0v) is 16.3. The number of carbonyl (C=O) groups excluding carboxylic acids is 1. The largest absolute Gasteiger partial charge is 0.289 e. The van der Waals surface area contributed by atoms with E-state index >= 15 is 0 Å². The molecule has 0 amide bonds. The molecule has 3 aromatic rings. The maximum atomic E-state index is 12.8. The van der Waals surface area contributed by atoms with Gasteiger partial charge in [-0.15, -0.1) is 0 Å². The van der Waals surface area contributed by atoms with E-state index in [2.05, 4.69) is 20.7 Å². The summed E-state index contributed by atoms with van der Waals surface area (Å²) >= 11 is 3.33. The maximum absolute atomic E-state index is 12.8. The van der Waals surface area contributed by atoms with Gasteiger partial charge in [0, 0.05) is 15.6 Å². The van der Waals surface area contributed by atoms with Gasteiger partial charge in [0.15, 0.2) is 5.78 Å². The minimum absolute atomic E-state index is 0.147. The van der Waals surface area contributed by atoms with E-state index in [-0.39, 0.29) is 16.4 Å². The van der Waals surface area contributed by atoms with Crippen LogP contribution in [0.15, 0.2) is 82.2 Å². The minimum atomic E-state index is -3.78. The smallest absolute Gasteiger partial charge is 0.261 e. The normalized spacial score (nSPS) is 11.2. The molecule has 0 aliphatic carbocycles. The Kier molecular flexibility index (Phi) is 5.25. The number of halogens is 1. The molecule has 0 spiro atoms. The lowest BCUT2D eigenvalue weighted by atomic mass is 10.0. The predicted molar refractivity (Wildman–Crippen MR) is 106 cm³/mol. The van der Waals surface area contributed by atoms with E-state index in [9.17, 15) is 13.2 Å². The van der Waals surface area contributed by atoms with E-state index in [4.69, 9.17) is 0 Å². The minimum Gasteiger partial charge on any atom is -0.289 e. The van der Waals surface area contributed by atoms with E-state index in [0.717, 1.165) is 10.0 Å². The van der Waals surface area contributed by atoms with Gasteiger partial charge in [-0.2, -0.15) is 0 Å². The molecule has 0 aliphatic heterocycles. The lowest BCUT2D eigenvalue weighted by Gasteiger charge is -2.12. The quantitative estimate of drug-likeness (QED) is 0.592. The lowest BCUT2D eigenvalue weighted by molar-refractivity contribution is 0.103. The summed E-state index contributed by atoms with van der Waals surface area (Å²) in [6.45, 7) is 1.88. The van der Waals surface area contributed by atoms with Gasteiger partial charge in [0.2, 0.25) is 0 Å². The first kappa shape index (κ1) is 18.4. The highest BCUT2D eigenvalue weighted by molar-refractivity contribution is 9.10. The highest BCUT2D eigenvalue weighted by Crippen LogP contribution is 2.23. The monoisotopic (exact) mass is 429 g/mol. The first-order valence-electron chi connectivity index (χ1n) is 7.85. The highest BCUT2D eigenvalue weighted by atomic mass is 79.9. The Morgan fingerprint density at radius 2 is 1.50 bits per heavy atom.